The van der Waals surface area contributed by atoms with Crippen molar-refractivity contribution in [3.05, 3.63) is 197 Å². The summed E-state index contributed by atoms with van der Waals surface area (Å²) in [6, 6.07) is 57.7. The summed E-state index contributed by atoms with van der Waals surface area (Å²) in [4.78, 5) is 4.77. The molecule has 1 heteroatoms. The molecule has 2 atom stereocenters. The van der Waals surface area contributed by atoms with Gasteiger partial charge in [0.2, 0.25) is 0 Å². The Bertz CT molecular complexity index is 2140. The summed E-state index contributed by atoms with van der Waals surface area (Å²) in [5.41, 5.74) is 18.1. The van der Waals surface area contributed by atoms with Crippen LogP contribution in [-0.4, -0.2) is 4.98 Å². The molecule has 2 aliphatic carbocycles. The Labute approximate surface area is 258 Å². The van der Waals surface area contributed by atoms with Gasteiger partial charge in [0.1, 0.15) is 0 Å². The molecule has 0 aliphatic heterocycles. The zero-order chi connectivity index (χ0) is 29.0. The van der Waals surface area contributed by atoms with Crippen molar-refractivity contribution in [1.82, 2.24) is 4.98 Å². The Morgan fingerprint density at radius 2 is 0.864 bits per heavy atom. The predicted molar refractivity (Wildman–Crippen MR) is 181 cm³/mol. The first kappa shape index (κ1) is 25.0. The van der Waals surface area contributed by atoms with Crippen LogP contribution in [0, 0.1) is 0 Å². The van der Waals surface area contributed by atoms with Gasteiger partial charge >= 0.3 is 0 Å². The van der Waals surface area contributed by atoms with Crippen LogP contribution in [0.25, 0.3) is 44.6 Å². The lowest BCUT2D eigenvalue weighted by Crippen LogP contribution is -2.02. The highest BCUT2D eigenvalue weighted by Gasteiger charge is 2.36. The van der Waals surface area contributed by atoms with Crippen molar-refractivity contribution < 1.29 is 0 Å². The van der Waals surface area contributed by atoms with Gasteiger partial charge in [0.05, 0.1) is 5.69 Å². The third kappa shape index (κ3) is 3.90. The van der Waals surface area contributed by atoms with Gasteiger partial charge in [-0.25, -0.2) is 0 Å². The second-order valence-corrected chi connectivity index (χ2v) is 11.9. The fraction of sp³-hybridized carbons (Fsp3) is 0.0465. The van der Waals surface area contributed by atoms with E-state index >= 15 is 0 Å². The first-order valence-corrected chi connectivity index (χ1v) is 15.4. The fourth-order valence-electron chi connectivity index (χ4n) is 7.48. The van der Waals surface area contributed by atoms with Gasteiger partial charge in [0, 0.05) is 29.2 Å². The predicted octanol–water partition coefficient (Wildman–Crippen LogP) is 10.7. The highest BCUT2D eigenvalue weighted by molar-refractivity contribution is 5.90. The van der Waals surface area contributed by atoms with Gasteiger partial charge in [0.15, 0.2) is 0 Å². The number of hydrogen-bond donors (Lipinski definition) is 0. The van der Waals surface area contributed by atoms with E-state index in [0.29, 0.717) is 0 Å². The van der Waals surface area contributed by atoms with Crippen molar-refractivity contribution in [3.63, 3.8) is 0 Å². The molecule has 0 amide bonds. The molecule has 1 aromatic heterocycles. The Kier molecular flexibility index (Phi) is 5.70. The summed E-state index contributed by atoms with van der Waals surface area (Å²) in [6.07, 6.45) is 1.99. The number of fused-ring (bicyclic) bond motifs is 6. The van der Waals surface area contributed by atoms with E-state index in [0.717, 1.165) is 16.8 Å². The second-order valence-electron chi connectivity index (χ2n) is 11.9. The van der Waals surface area contributed by atoms with Crippen molar-refractivity contribution in [2.75, 3.05) is 0 Å². The summed E-state index contributed by atoms with van der Waals surface area (Å²) in [5.74, 6) is 0.435. The van der Waals surface area contributed by atoms with Gasteiger partial charge in [-0.2, -0.15) is 0 Å². The highest BCUT2D eigenvalue weighted by atomic mass is 14.7. The number of hydrogen-bond acceptors (Lipinski definition) is 1. The van der Waals surface area contributed by atoms with Crippen LogP contribution in [0.5, 0.6) is 0 Å². The van der Waals surface area contributed by atoms with Crippen molar-refractivity contribution in [3.8, 4) is 44.6 Å². The zero-order valence-corrected chi connectivity index (χ0v) is 24.2. The molecule has 0 radical (unpaired) electrons. The van der Waals surface area contributed by atoms with E-state index in [9.17, 15) is 0 Å². The maximum atomic E-state index is 4.77. The van der Waals surface area contributed by atoms with Crippen molar-refractivity contribution >= 4 is 0 Å². The van der Waals surface area contributed by atoms with Crippen molar-refractivity contribution in [1.29, 1.82) is 0 Å². The molecule has 0 N–H and O–H groups in total. The quantitative estimate of drug-likeness (QED) is 0.209. The van der Waals surface area contributed by atoms with Gasteiger partial charge in [-0.15, -0.1) is 0 Å². The molecule has 0 fully saturated rings. The van der Waals surface area contributed by atoms with Crippen molar-refractivity contribution in [2.24, 2.45) is 0 Å². The number of aromatic nitrogens is 1. The van der Waals surface area contributed by atoms with Crippen molar-refractivity contribution in [2.45, 2.75) is 11.8 Å². The SMILES string of the molecule is c1ccc(-c2ccc(-c3ccc(C4c5ccccc5-c5cc6c(cc54)C(c4ccccc4)c4ccccc4-6)cc3)cn2)cc1. The minimum absolute atomic E-state index is 0.194. The molecule has 1 nitrogen and oxygen atoms in total. The molecule has 9 rings (SSSR count). The van der Waals surface area contributed by atoms with Crippen LogP contribution in [0.1, 0.15) is 45.2 Å². The van der Waals surface area contributed by atoms with E-state index in [1.165, 1.54) is 61.2 Å². The number of pyridine rings is 1. The van der Waals surface area contributed by atoms with Gasteiger partial charge in [-0.05, 0) is 73.3 Å². The lowest BCUT2D eigenvalue weighted by atomic mass is 9.84. The van der Waals surface area contributed by atoms with E-state index < -0.39 is 0 Å². The van der Waals surface area contributed by atoms with Crippen LogP contribution in [0.4, 0.5) is 0 Å². The van der Waals surface area contributed by atoms with E-state index in [4.69, 9.17) is 4.98 Å². The fourth-order valence-corrected chi connectivity index (χ4v) is 7.48. The molecule has 0 saturated heterocycles. The lowest BCUT2D eigenvalue weighted by molar-refractivity contribution is 0.982. The van der Waals surface area contributed by atoms with Crippen LogP contribution < -0.4 is 0 Å². The van der Waals surface area contributed by atoms with Gasteiger partial charge in [0.25, 0.3) is 0 Å². The average molecular weight is 560 g/mol. The monoisotopic (exact) mass is 559 g/mol. The Balaban J connectivity index is 1.13. The molecule has 7 aromatic rings. The molecule has 1 heterocycles. The van der Waals surface area contributed by atoms with Crippen LogP contribution in [0.15, 0.2) is 164 Å². The molecule has 2 unspecified atom stereocenters. The number of benzene rings is 6. The highest BCUT2D eigenvalue weighted by Crippen LogP contribution is 2.55. The molecule has 0 spiro atoms. The first-order chi connectivity index (χ1) is 21.8. The molecule has 44 heavy (non-hydrogen) atoms. The third-order valence-electron chi connectivity index (χ3n) is 9.51. The summed E-state index contributed by atoms with van der Waals surface area (Å²) in [7, 11) is 0. The minimum atomic E-state index is 0.194. The maximum Gasteiger partial charge on any atom is 0.0702 e. The van der Waals surface area contributed by atoms with Gasteiger partial charge < -0.3 is 0 Å². The Hall–Kier alpha value is -5.53. The van der Waals surface area contributed by atoms with Gasteiger partial charge in [-0.3, -0.25) is 4.98 Å². The summed E-state index contributed by atoms with van der Waals surface area (Å²) in [5, 5.41) is 0. The molecule has 206 valence electrons. The number of nitrogens with zero attached hydrogens (tertiary/aromatic N) is 1. The first-order valence-electron chi connectivity index (χ1n) is 15.4. The molecule has 0 bridgehead atoms. The van der Waals surface area contributed by atoms with E-state index in [2.05, 4.69) is 152 Å². The Morgan fingerprint density at radius 3 is 1.45 bits per heavy atom. The van der Waals surface area contributed by atoms with Crippen LogP contribution in [0.3, 0.4) is 0 Å². The summed E-state index contributed by atoms with van der Waals surface area (Å²) in [6.45, 7) is 0. The topological polar surface area (TPSA) is 12.9 Å². The maximum absolute atomic E-state index is 4.77. The third-order valence-corrected chi connectivity index (χ3v) is 9.51. The van der Waals surface area contributed by atoms with E-state index in [-0.39, 0.29) is 11.8 Å². The molecule has 0 saturated carbocycles. The lowest BCUT2D eigenvalue weighted by Gasteiger charge is -2.18. The largest absolute Gasteiger partial charge is 0.256 e. The van der Waals surface area contributed by atoms with Crippen LogP contribution in [0.2, 0.25) is 0 Å². The number of rotatable bonds is 4. The molecule has 2 aliphatic rings. The summed E-state index contributed by atoms with van der Waals surface area (Å²) >= 11 is 0. The zero-order valence-electron chi connectivity index (χ0n) is 24.2. The smallest absolute Gasteiger partial charge is 0.0702 e. The van der Waals surface area contributed by atoms with Gasteiger partial charge in [-0.1, -0.05) is 146 Å². The normalized spacial score (nSPS) is 15.7. The standard InChI is InChI=1S/C43H29N/c1-3-11-29(12-4-1)41-24-23-32(27-44-41)28-19-21-31(22-20-28)43-36-18-10-8-16-34(36)38-25-37-33-15-7-9-17-35(33)42(39(37)26-40(38)43)30-13-5-2-6-14-30/h1-27,42-43H. The molecule has 6 aromatic carbocycles. The molecular weight excluding hydrogens is 530 g/mol. The Morgan fingerprint density at radius 1 is 0.341 bits per heavy atom. The average Bonchev–Trinajstić information content (AvgIpc) is 3.60. The second kappa shape index (κ2) is 10.0. The summed E-state index contributed by atoms with van der Waals surface area (Å²) < 4.78 is 0. The minimum Gasteiger partial charge on any atom is -0.256 e. The van der Waals surface area contributed by atoms with Crippen LogP contribution >= 0.6 is 0 Å². The molecular formula is C43H29N. The van der Waals surface area contributed by atoms with Crippen LogP contribution in [-0.2, 0) is 0 Å². The van der Waals surface area contributed by atoms with E-state index in [1.54, 1.807) is 0 Å². The van der Waals surface area contributed by atoms with E-state index in [1.807, 2.05) is 12.3 Å².